The highest BCUT2D eigenvalue weighted by Gasteiger charge is 2.32. The molecule has 0 aliphatic carbocycles. The maximum absolute atomic E-state index is 5.91. The fourth-order valence-corrected chi connectivity index (χ4v) is 1.96. The van der Waals surface area contributed by atoms with Crippen LogP contribution >= 0.6 is 0 Å². The van der Waals surface area contributed by atoms with Crippen LogP contribution in [0.3, 0.4) is 0 Å². The number of rotatable bonds is 8. The normalized spacial score (nSPS) is 16.2. The van der Waals surface area contributed by atoms with Gasteiger partial charge in [0.1, 0.15) is 0 Å². The maximum Gasteiger partial charge on any atom is 0.0798 e. The lowest BCUT2D eigenvalue weighted by Crippen LogP contribution is -2.51. The highest BCUT2D eigenvalue weighted by Crippen LogP contribution is 2.25. The zero-order chi connectivity index (χ0) is 13.5. The average molecular weight is 245 g/mol. The van der Waals surface area contributed by atoms with Gasteiger partial charge in [-0.2, -0.15) is 0 Å². The van der Waals surface area contributed by atoms with Crippen molar-refractivity contribution in [1.82, 2.24) is 5.32 Å². The van der Waals surface area contributed by atoms with E-state index in [-0.39, 0.29) is 23.7 Å². The molecule has 0 saturated carbocycles. The van der Waals surface area contributed by atoms with Gasteiger partial charge in [-0.3, -0.25) is 0 Å². The van der Waals surface area contributed by atoms with Crippen molar-refractivity contribution in [1.29, 1.82) is 0 Å². The van der Waals surface area contributed by atoms with Gasteiger partial charge in [-0.1, -0.05) is 27.7 Å². The molecule has 0 aromatic heterocycles. The van der Waals surface area contributed by atoms with Crippen LogP contribution < -0.4 is 5.32 Å². The topological polar surface area (TPSA) is 30.5 Å². The minimum absolute atomic E-state index is 0.114. The van der Waals surface area contributed by atoms with E-state index in [0.717, 1.165) is 13.2 Å². The van der Waals surface area contributed by atoms with Crippen molar-refractivity contribution in [2.24, 2.45) is 5.41 Å². The van der Waals surface area contributed by atoms with Crippen LogP contribution in [-0.4, -0.2) is 38.0 Å². The minimum Gasteiger partial charge on any atom is -0.377 e. The lowest BCUT2D eigenvalue weighted by atomic mass is 9.84. The van der Waals surface area contributed by atoms with E-state index in [2.05, 4.69) is 46.9 Å². The van der Waals surface area contributed by atoms with Crippen molar-refractivity contribution >= 4 is 0 Å². The van der Waals surface area contributed by atoms with Crippen LogP contribution in [0.2, 0.25) is 0 Å². The Kier molecular flexibility index (Phi) is 8.01. The van der Waals surface area contributed by atoms with E-state index < -0.39 is 0 Å². The third-order valence-electron chi connectivity index (χ3n) is 2.64. The van der Waals surface area contributed by atoms with Gasteiger partial charge in [-0.25, -0.2) is 0 Å². The Morgan fingerprint density at radius 1 is 1.06 bits per heavy atom. The minimum atomic E-state index is 0.114. The summed E-state index contributed by atoms with van der Waals surface area (Å²) in [5.74, 6) is 0. The third-order valence-corrected chi connectivity index (χ3v) is 2.64. The third kappa shape index (κ3) is 7.02. The quantitative estimate of drug-likeness (QED) is 0.713. The monoisotopic (exact) mass is 245 g/mol. The van der Waals surface area contributed by atoms with E-state index >= 15 is 0 Å². The predicted octanol–water partition coefficient (Wildman–Crippen LogP) is 2.84. The van der Waals surface area contributed by atoms with Crippen LogP contribution in [0.4, 0.5) is 0 Å². The number of hydrogen-bond donors (Lipinski definition) is 1. The van der Waals surface area contributed by atoms with E-state index in [1.807, 2.05) is 6.92 Å². The Morgan fingerprint density at radius 3 is 2.00 bits per heavy atom. The number of nitrogens with one attached hydrogen (secondary N) is 1. The summed E-state index contributed by atoms with van der Waals surface area (Å²) in [4.78, 5) is 0. The molecule has 0 bridgehead atoms. The first-order valence-electron chi connectivity index (χ1n) is 6.79. The van der Waals surface area contributed by atoms with Gasteiger partial charge in [0, 0.05) is 6.61 Å². The lowest BCUT2D eigenvalue weighted by molar-refractivity contribution is -0.0621. The Hall–Kier alpha value is -0.120. The molecule has 0 amide bonds. The SMILES string of the molecule is CCNC(COC(C)C)C(OCC)C(C)(C)C. The van der Waals surface area contributed by atoms with Gasteiger partial charge in [-0.05, 0) is 32.7 Å². The summed E-state index contributed by atoms with van der Waals surface area (Å²) >= 11 is 0. The lowest BCUT2D eigenvalue weighted by Gasteiger charge is -2.37. The van der Waals surface area contributed by atoms with Crippen molar-refractivity contribution in [3.05, 3.63) is 0 Å². The molecule has 0 radical (unpaired) electrons. The fraction of sp³-hybridized carbons (Fsp3) is 1.00. The summed E-state index contributed by atoms with van der Waals surface area (Å²) in [6, 6.07) is 0.252. The zero-order valence-electron chi connectivity index (χ0n) is 12.7. The first-order valence-corrected chi connectivity index (χ1v) is 6.79. The maximum atomic E-state index is 5.91. The van der Waals surface area contributed by atoms with Gasteiger partial charge < -0.3 is 14.8 Å². The van der Waals surface area contributed by atoms with Crippen LogP contribution in [0.25, 0.3) is 0 Å². The van der Waals surface area contributed by atoms with Crippen LogP contribution in [0, 0.1) is 5.41 Å². The van der Waals surface area contributed by atoms with Crippen molar-refractivity contribution in [2.45, 2.75) is 66.7 Å². The molecule has 17 heavy (non-hydrogen) atoms. The van der Waals surface area contributed by atoms with Crippen molar-refractivity contribution in [3.8, 4) is 0 Å². The average Bonchev–Trinajstić information content (AvgIpc) is 2.19. The molecule has 0 fully saturated rings. The first kappa shape index (κ1) is 16.9. The molecular weight excluding hydrogens is 214 g/mol. The number of likely N-dealkylation sites (N-methyl/N-ethyl adjacent to an activating group) is 1. The van der Waals surface area contributed by atoms with Gasteiger partial charge in [-0.15, -0.1) is 0 Å². The summed E-state index contributed by atoms with van der Waals surface area (Å²) in [6.45, 7) is 17.3. The number of ether oxygens (including phenoxy) is 2. The standard InChI is InChI=1S/C14H31NO2/c1-8-15-12(10-17-11(3)4)13(16-9-2)14(5,6)7/h11-13,15H,8-10H2,1-7H3. The van der Waals surface area contributed by atoms with E-state index in [0.29, 0.717) is 6.61 Å². The zero-order valence-corrected chi connectivity index (χ0v) is 12.7. The Balaban J connectivity index is 4.58. The number of hydrogen-bond acceptors (Lipinski definition) is 3. The second-order valence-corrected chi connectivity index (χ2v) is 5.79. The van der Waals surface area contributed by atoms with Crippen molar-refractivity contribution in [2.75, 3.05) is 19.8 Å². The summed E-state index contributed by atoms with van der Waals surface area (Å²) in [6.07, 6.45) is 0.435. The van der Waals surface area contributed by atoms with Crippen molar-refractivity contribution < 1.29 is 9.47 Å². The van der Waals surface area contributed by atoms with Gasteiger partial charge in [0.15, 0.2) is 0 Å². The van der Waals surface area contributed by atoms with E-state index in [9.17, 15) is 0 Å². The van der Waals surface area contributed by atoms with Crippen LogP contribution in [0.1, 0.15) is 48.5 Å². The van der Waals surface area contributed by atoms with Crippen LogP contribution in [0.15, 0.2) is 0 Å². The predicted molar refractivity (Wildman–Crippen MR) is 73.4 cm³/mol. The molecule has 2 unspecified atom stereocenters. The molecule has 0 rings (SSSR count). The van der Waals surface area contributed by atoms with Gasteiger partial charge in [0.25, 0.3) is 0 Å². The Morgan fingerprint density at radius 2 is 1.65 bits per heavy atom. The first-order chi connectivity index (χ1) is 7.82. The second-order valence-electron chi connectivity index (χ2n) is 5.79. The molecule has 1 N–H and O–H groups in total. The van der Waals surface area contributed by atoms with Crippen molar-refractivity contribution in [3.63, 3.8) is 0 Å². The largest absolute Gasteiger partial charge is 0.377 e. The molecule has 0 aliphatic heterocycles. The Bertz CT molecular complexity index is 187. The Labute approximate surface area is 107 Å². The highest BCUT2D eigenvalue weighted by atomic mass is 16.5. The molecule has 3 heteroatoms. The highest BCUT2D eigenvalue weighted by molar-refractivity contribution is 4.86. The molecule has 0 aromatic carbocycles. The molecule has 0 saturated heterocycles. The summed E-state index contributed by atoms with van der Waals surface area (Å²) in [5.41, 5.74) is 0.114. The molecule has 0 aromatic rings. The molecule has 2 atom stereocenters. The summed E-state index contributed by atoms with van der Waals surface area (Å²) in [5, 5.41) is 3.48. The van der Waals surface area contributed by atoms with Gasteiger partial charge in [0.2, 0.25) is 0 Å². The molecule has 3 nitrogen and oxygen atoms in total. The fourth-order valence-electron chi connectivity index (χ4n) is 1.96. The second kappa shape index (κ2) is 8.06. The molecule has 104 valence electrons. The van der Waals surface area contributed by atoms with Gasteiger partial charge >= 0.3 is 0 Å². The summed E-state index contributed by atoms with van der Waals surface area (Å²) < 4.78 is 11.6. The molecular formula is C14H31NO2. The van der Waals surface area contributed by atoms with E-state index in [4.69, 9.17) is 9.47 Å². The van der Waals surface area contributed by atoms with Crippen LogP contribution in [-0.2, 0) is 9.47 Å². The molecule has 0 aliphatic rings. The van der Waals surface area contributed by atoms with Crippen LogP contribution in [0.5, 0.6) is 0 Å². The van der Waals surface area contributed by atoms with E-state index in [1.54, 1.807) is 0 Å². The van der Waals surface area contributed by atoms with Gasteiger partial charge in [0.05, 0.1) is 24.9 Å². The summed E-state index contributed by atoms with van der Waals surface area (Å²) in [7, 11) is 0. The van der Waals surface area contributed by atoms with E-state index in [1.165, 1.54) is 0 Å². The smallest absolute Gasteiger partial charge is 0.0798 e. The molecule has 0 heterocycles. The molecule has 0 spiro atoms.